The molecule has 0 saturated carbocycles. The van der Waals surface area contributed by atoms with Crippen molar-refractivity contribution in [1.82, 2.24) is 15.1 Å². The summed E-state index contributed by atoms with van der Waals surface area (Å²) < 4.78 is 1.90. The summed E-state index contributed by atoms with van der Waals surface area (Å²) in [6.45, 7) is 5.78. The Balaban J connectivity index is 1.76. The Labute approximate surface area is 130 Å². The van der Waals surface area contributed by atoms with Crippen LogP contribution >= 0.6 is 0 Å². The lowest BCUT2D eigenvalue weighted by Gasteiger charge is -2.22. The van der Waals surface area contributed by atoms with Crippen LogP contribution in [0.1, 0.15) is 24.2 Å². The van der Waals surface area contributed by atoms with Crippen molar-refractivity contribution in [1.29, 1.82) is 0 Å². The van der Waals surface area contributed by atoms with Gasteiger partial charge >= 0.3 is 0 Å². The first-order valence-electron chi connectivity index (χ1n) is 7.79. The van der Waals surface area contributed by atoms with E-state index in [1.54, 1.807) is 0 Å². The molecule has 0 radical (unpaired) electrons. The second-order valence-corrected chi connectivity index (χ2v) is 5.92. The van der Waals surface area contributed by atoms with E-state index in [4.69, 9.17) is 0 Å². The summed E-state index contributed by atoms with van der Waals surface area (Å²) in [4.78, 5) is 12.3. The van der Waals surface area contributed by atoms with Gasteiger partial charge in [0.2, 0.25) is 5.91 Å². The highest BCUT2D eigenvalue weighted by Crippen LogP contribution is 2.18. The molecule has 1 saturated heterocycles. The van der Waals surface area contributed by atoms with Crippen LogP contribution in [0.3, 0.4) is 0 Å². The van der Waals surface area contributed by atoms with Gasteiger partial charge in [-0.3, -0.25) is 4.79 Å². The van der Waals surface area contributed by atoms with Crippen molar-refractivity contribution in [2.24, 2.45) is 5.92 Å². The number of piperidine rings is 1. The zero-order valence-electron chi connectivity index (χ0n) is 13.1. The van der Waals surface area contributed by atoms with E-state index in [2.05, 4.69) is 15.7 Å². The van der Waals surface area contributed by atoms with E-state index in [1.165, 1.54) is 0 Å². The first-order chi connectivity index (χ1) is 10.6. The van der Waals surface area contributed by atoms with Gasteiger partial charge in [-0.25, -0.2) is 4.68 Å². The Morgan fingerprint density at radius 3 is 2.91 bits per heavy atom. The third-order valence-corrected chi connectivity index (χ3v) is 4.04. The number of carbonyl (C=O) groups is 1. The average Bonchev–Trinajstić information content (AvgIpc) is 2.87. The summed E-state index contributed by atoms with van der Waals surface area (Å²) in [5, 5.41) is 10.8. The van der Waals surface area contributed by atoms with Crippen LogP contribution in [0.4, 0.5) is 5.69 Å². The Bertz CT molecular complexity index is 671. The van der Waals surface area contributed by atoms with E-state index in [1.807, 2.05) is 48.9 Å². The molecule has 0 aliphatic carbocycles. The largest absolute Gasteiger partial charge is 0.326 e. The number of aryl methyl sites for hydroxylation is 2. The van der Waals surface area contributed by atoms with Gasteiger partial charge < -0.3 is 10.6 Å². The fourth-order valence-electron chi connectivity index (χ4n) is 2.93. The highest BCUT2D eigenvalue weighted by atomic mass is 16.1. The fourth-order valence-corrected chi connectivity index (χ4v) is 2.93. The van der Waals surface area contributed by atoms with Crippen molar-refractivity contribution in [3.63, 3.8) is 0 Å². The van der Waals surface area contributed by atoms with Crippen LogP contribution in [0.2, 0.25) is 0 Å². The van der Waals surface area contributed by atoms with Crippen LogP contribution in [0.15, 0.2) is 30.3 Å². The molecule has 2 aromatic rings. The third-order valence-electron chi connectivity index (χ3n) is 4.04. The number of nitrogens with one attached hydrogen (secondary N) is 2. The second kappa shape index (κ2) is 6.32. The van der Waals surface area contributed by atoms with Crippen molar-refractivity contribution < 1.29 is 4.79 Å². The summed E-state index contributed by atoms with van der Waals surface area (Å²) in [5.74, 6) is 0.156. The molecule has 1 aromatic heterocycles. The lowest BCUT2D eigenvalue weighted by atomic mass is 9.99. The van der Waals surface area contributed by atoms with E-state index in [-0.39, 0.29) is 11.8 Å². The van der Waals surface area contributed by atoms with Crippen LogP contribution in [0.25, 0.3) is 5.69 Å². The molecule has 1 aliphatic rings. The number of anilines is 1. The van der Waals surface area contributed by atoms with Gasteiger partial charge in [-0.15, -0.1) is 0 Å². The molecule has 116 valence electrons. The van der Waals surface area contributed by atoms with Crippen LogP contribution < -0.4 is 10.6 Å². The molecule has 1 aromatic carbocycles. The molecule has 2 N–H and O–H groups in total. The molecule has 2 heterocycles. The van der Waals surface area contributed by atoms with E-state index in [0.717, 1.165) is 48.7 Å². The highest BCUT2D eigenvalue weighted by Gasteiger charge is 2.20. The van der Waals surface area contributed by atoms with E-state index < -0.39 is 0 Å². The molecule has 3 rings (SSSR count). The fraction of sp³-hybridized carbons (Fsp3) is 0.412. The maximum Gasteiger partial charge on any atom is 0.228 e. The van der Waals surface area contributed by atoms with E-state index >= 15 is 0 Å². The van der Waals surface area contributed by atoms with Gasteiger partial charge in [-0.2, -0.15) is 5.10 Å². The minimum Gasteiger partial charge on any atom is -0.326 e. The second-order valence-electron chi connectivity index (χ2n) is 5.92. The number of hydrogen-bond acceptors (Lipinski definition) is 3. The monoisotopic (exact) mass is 298 g/mol. The molecule has 1 aliphatic heterocycles. The normalized spacial score (nSPS) is 18.2. The number of carbonyl (C=O) groups excluding carboxylic acids is 1. The van der Waals surface area contributed by atoms with Crippen LogP contribution in [-0.2, 0) is 4.79 Å². The van der Waals surface area contributed by atoms with Gasteiger partial charge in [0, 0.05) is 17.9 Å². The van der Waals surface area contributed by atoms with Crippen molar-refractivity contribution in [2.45, 2.75) is 26.7 Å². The lowest BCUT2D eigenvalue weighted by Crippen LogP contribution is -2.37. The van der Waals surface area contributed by atoms with E-state index in [0.29, 0.717) is 0 Å². The SMILES string of the molecule is Cc1cc(C)n(-c2cccc(NC(=O)C3CCCNC3)c2)n1. The molecule has 5 nitrogen and oxygen atoms in total. The Kier molecular flexibility index (Phi) is 4.24. The molecule has 22 heavy (non-hydrogen) atoms. The van der Waals surface area contributed by atoms with E-state index in [9.17, 15) is 4.79 Å². The molecule has 1 amide bonds. The number of nitrogens with zero attached hydrogens (tertiary/aromatic N) is 2. The Morgan fingerprint density at radius 2 is 2.23 bits per heavy atom. The maximum atomic E-state index is 12.3. The van der Waals surface area contributed by atoms with Gasteiger partial charge in [0.15, 0.2) is 0 Å². The quantitative estimate of drug-likeness (QED) is 0.915. The molecular weight excluding hydrogens is 276 g/mol. The Morgan fingerprint density at radius 1 is 1.36 bits per heavy atom. The number of rotatable bonds is 3. The predicted molar refractivity (Wildman–Crippen MR) is 87.3 cm³/mol. The highest BCUT2D eigenvalue weighted by molar-refractivity contribution is 5.93. The van der Waals surface area contributed by atoms with Gasteiger partial charge in [-0.1, -0.05) is 6.07 Å². The average molecular weight is 298 g/mol. The number of aromatic nitrogens is 2. The predicted octanol–water partition coefficient (Wildman–Crippen LogP) is 2.43. The molecule has 1 fully saturated rings. The number of benzene rings is 1. The lowest BCUT2D eigenvalue weighted by molar-refractivity contribution is -0.120. The third kappa shape index (κ3) is 3.20. The number of hydrogen-bond donors (Lipinski definition) is 2. The molecule has 5 heteroatoms. The molecule has 0 spiro atoms. The minimum absolute atomic E-state index is 0.0612. The zero-order chi connectivity index (χ0) is 15.5. The zero-order valence-corrected chi connectivity index (χ0v) is 13.1. The van der Waals surface area contributed by atoms with Gasteiger partial charge in [0.1, 0.15) is 0 Å². The van der Waals surface area contributed by atoms with Crippen molar-refractivity contribution in [3.05, 3.63) is 41.7 Å². The summed E-state index contributed by atoms with van der Waals surface area (Å²) in [7, 11) is 0. The summed E-state index contributed by atoms with van der Waals surface area (Å²) >= 11 is 0. The van der Waals surface area contributed by atoms with Gasteiger partial charge in [0.05, 0.1) is 17.3 Å². The maximum absolute atomic E-state index is 12.3. The van der Waals surface area contributed by atoms with Crippen LogP contribution in [0.5, 0.6) is 0 Å². The van der Waals surface area contributed by atoms with Gasteiger partial charge in [0.25, 0.3) is 0 Å². The molecular formula is C17H22N4O. The Hall–Kier alpha value is -2.14. The van der Waals surface area contributed by atoms with Crippen molar-refractivity contribution in [2.75, 3.05) is 18.4 Å². The first-order valence-corrected chi connectivity index (χ1v) is 7.79. The minimum atomic E-state index is 0.0612. The first kappa shape index (κ1) is 14.8. The smallest absolute Gasteiger partial charge is 0.228 e. The topological polar surface area (TPSA) is 59.0 Å². The molecule has 1 atom stereocenters. The van der Waals surface area contributed by atoms with Crippen molar-refractivity contribution >= 4 is 11.6 Å². The summed E-state index contributed by atoms with van der Waals surface area (Å²) in [5.41, 5.74) is 3.85. The molecule has 0 bridgehead atoms. The van der Waals surface area contributed by atoms with Gasteiger partial charge in [-0.05, 0) is 57.5 Å². The van der Waals surface area contributed by atoms with Crippen LogP contribution in [-0.4, -0.2) is 28.8 Å². The molecule has 1 unspecified atom stereocenters. The summed E-state index contributed by atoms with van der Waals surface area (Å²) in [6, 6.07) is 9.87. The standard InChI is InChI=1S/C17H22N4O/c1-12-9-13(2)21(20-12)16-7-3-6-15(10-16)19-17(22)14-5-4-8-18-11-14/h3,6-7,9-10,14,18H,4-5,8,11H2,1-2H3,(H,19,22). The van der Waals surface area contributed by atoms with Crippen molar-refractivity contribution in [3.8, 4) is 5.69 Å². The summed E-state index contributed by atoms with van der Waals surface area (Å²) in [6.07, 6.45) is 2.01. The van der Waals surface area contributed by atoms with Crippen LogP contribution in [0, 0.1) is 19.8 Å². The number of amides is 1.